The van der Waals surface area contributed by atoms with E-state index in [2.05, 4.69) is 124 Å². The molecule has 0 amide bonds. The van der Waals surface area contributed by atoms with Crippen LogP contribution in [-0.2, 0) is 6.42 Å². The van der Waals surface area contributed by atoms with Crippen LogP contribution in [0, 0.1) is 6.92 Å². The van der Waals surface area contributed by atoms with Gasteiger partial charge in [0.05, 0.1) is 0 Å². The van der Waals surface area contributed by atoms with Gasteiger partial charge in [-0.15, -0.1) is 0 Å². The maximum atomic E-state index is 10.9. The summed E-state index contributed by atoms with van der Waals surface area (Å²) >= 11 is 0. The number of phenolic OH excluding ortho intramolecular Hbond substituents is 2. The van der Waals surface area contributed by atoms with Crippen LogP contribution < -0.4 is 0 Å². The van der Waals surface area contributed by atoms with Crippen LogP contribution in [0.25, 0.3) is 10.8 Å². The Kier molecular flexibility index (Phi) is 24.5. The van der Waals surface area contributed by atoms with E-state index in [9.17, 15) is 10.2 Å². The second-order valence-electron chi connectivity index (χ2n) is 17.5. The highest BCUT2D eigenvalue weighted by atomic mass is 16.3. The lowest BCUT2D eigenvalue weighted by molar-refractivity contribution is 0.461. The molecule has 0 heterocycles. The van der Waals surface area contributed by atoms with Crippen molar-refractivity contribution < 1.29 is 10.2 Å². The van der Waals surface area contributed by atoms with Crippen LogP contribution in [0.5, 0.6) is 11.5 Å². The number of phenols is 2. The van der Waals surface area contributed by atoms with Crippen molar-refractivity contribution in [1.29, 1.82) is 0 Å². The Bertz CT molecular complexity index is 1850. The Morgan fingerprint density at radius 1 is 0.379 bits per heavy atom. The molecule has 318 valence electrons. The molecule has 2 nitrogen and oxygen atoms in total. The number of aromatic hydroxyl groups is 2. The van der Waals surface area contributed by atoms with E-state index in [1.807, 2.05) is 31.2 Å². The monoisotopic (exact) mass is 787 g/mol. The van der Waals surface area contributed by atoms with E-state index < -0.39 is 0 Å². The molecule has 0 atom stereocenters. The first-order valence-electron chi connectivity index (χ1n) is 22.5. The lowest BCUT2D eigenvalue weighted by atomic mass is 9.95. The summed E-state index contributed by atoms with van der Waals surface area (Å²) in [5, 5.41) is 23.0. The first kappa shape index (κ1) is 50.1. The van der Waals surface area contributed by atoms with Gasteiger partial charge in [-0.25, -0.2) is 0 Å². The lowest BCUT2D eigenvalue weighted by Gasteiger charge is -2.13. The molecule has 2 heteroatoms. The summed E-state index contributed by atoms with van der Waals surface area (Å²) in [6, 6.07) is 7.50. The van der Waals surface area contributed by atoms with Crippen molar-refractivity contribution in [1.82, 2.24) is 0 Å². The molecule has 0 saturated heterocycles. The third-order valence-corrected chi connectivity index (χ3v) is 11.5. The van der Waals surface area contributed by atoms with Crippen LogP contribution in [0.1, 0.15) is 183 Å². The minimum Gasteiger partial charge on any atom is -0.507 e. The quantitative estimate of drug-likeness (QED) is 0.0736. The van der Waals surface area contributed by atoms with Crippen LogP contribution in [0.3, 0.4) is 0 Å². The zero-order valence-corrected chi connectivity index (χ0v) is 38.9. The normalized spacial score (nSPS) is 14.2. The minimum absolute atomic E-state index is 0.267. The molecule has 2 aromatic rings. The Balaban J connectivity index is 1.61. The van der Waals surface area contributed by atoms with Gasteiger partial charge < -0.3 is 10.2 Å². The third kappa shape index (κ3) is 21.1. The summed E-state index contributed by atoms with van der Waals surface area (Å²) in [6.07, 6.45) is 40.3. The molecule has 0 aliphatic heterocycles. The van der Waals surface area contributed by atoms with Gasteiger partial charge in [0.1, 0.15) is 11.5 Å². The summed E-state index contributed by atoms with van der Waals surface area (Å²) in [6.45, 7) is 24.4. The number of fused-ring (bicyclic) bond motifs is 1. The second kappa shape index (κ2) is 28.4. The first-order valence-corrected chi connectivity index (χ1v) is 22.5. The average Bonchev–Trinajstić information content (AvgIpc) is 3.17. The van der Waals surface area contributed by atoms with Crippen LogP contribution in [-0.4, -0.2) is 10.2 Å². The Morgan fingerprint density at radius 3 is 0.931 bits per heavy atom. The van der Waals surface area contributed by atoms with Gasteiger partial charge in [0, 0.05) is 16.3 Å². The number of benzene rings is 2. The minimum atomic E-state index is 0.267. The van der Waals surface area contributed by atoms with Gasteiger partial charge >= 0.3 is 0 Å². The highest BCUT2D eigenvalue weighted by molar-refractivity contribution is 5.95. The molecule has 2 N–H and O–H groups in total. The number of hydrogen-bond donors (Lipinski definition) is 2. The molecule has 0 spiro atoms. The van der Waals surface area contributed by atoms with Crippen molar-refractivity contribution in [3.63, 3.8) is 0 Å². The van der Waals surface area contributed by atoms with Gasteiger partial charge in [0.15, 0.2) is 0 Å². The molecule has 0 radical (unpaired) electrons. The molecule has 0 aromatic heterocycles. The molecular weight excluding hydrogens is 705 g/mol. The first-order chi connectivity index (χ1) is 27.7. The SMILES string of the molecule is CC(C)=CCC/C(C)=C/CC/C(C)=C/CC/C(C)=C\CC/C(C)=C/CC/C(C)=C\CC/C(C)=C\CC/C(C)=C/CC/C(C)=C/Cc1c(C)c(O)c2ccccc2c1O. The summed E-state index contributed by atoms with van der Waals surface area (Å²) in [5.41, 5.74) is 14.8. The van der Waals surface area contributed by atoms with Crippen molar-refractivity contribution in [3.05, 3.63) is 140 Å². The van der Waals surface area contributed by atoms with Crippen molar-refractivity contribution >= 4 is 10.8 Å². The lowest BCUT2D eigenvalue weighted by Crippen LogP contribution is -1.92. The zero-order chi connectivity index (χ0) is 42.9. The molecule has 0 unspecified atom stereocenters. The van der Waals surface area contributed by atoms with Crippen LogP contribution >= 0.6 is 0 Å². The predicted molar refractivity (Wildman–Crippen MR) is 259 cm³/mol. The molecule has 2 rings (SSSR count). The van der Waals surface area contributed by atoms with Crippen molar-refractivity contribution in [3.8, 4) is 11.5 Å². The molecule has 0 saturated carbocycles. The number of allylic oxidation sites excluding steroid dienone is 18. The van der Waals surface area contributed by atoms with E-state index >= 15 is 0 Å². The van der Waals surface area contributed by atoms with Crippen LogP contribution in [0.4, 0.5) is 0 Å². The highest BCUT2D eigenvalue weighted by Crippen LogP contribution is 2.39. The summed E-state index contributed by atoms with van der Waals surface area (Å²) < 4.78 is 0. The fraction of sp³-hybridized carbons (Fsp3) is 0.500. The van der Waals surface area contributed by atoms with Gasteiger partial charge in [-0.2, -0.15) is 0 Å². The Hall–Kier alpha value is -4.04. The van der Waals surface area contributed by atoms with Crippen LogP contribution in [0.2, 0.25) is 0 Å². The molecule has 0 aliphatic rings. The zero-order valence-electron chi connectivity index (χ0n) is 38.9. The third-order valence-electron chi connectivity index (χ3n) is 11.5. The van der Waals surface area contributed by atoms with E-state index in [0.29, 0.717) is 17.2 Å². The van der Waals surface area contributed by atoms with Crippen molar-refractivity contribution in [2.24, 2.45) is 0 Å². The smallest absolute Gasteiger partial charge is 0.127 e. The van der Waals surface area contributed by atoms with E-state index in [1.165, 1.54) is 69.4 Å². The highest BCUT2D eigenvalue weighted by Gasteiger charge is 2.14. The molecule has 0 aliphatic carbocycles. The Morgan fingerprint density at radius 2 is 0.638 bits per heavy atom. The fourth-order valence-electron chi connectivity index (χ4n) is 7.34. The van der Waals surface area contributed by atoms with Gasteiger partial charge in [-0.3, -0.25) is 0 Å². The maximum Gasteiger partial charge on any atom is 0.127 e. The van der Waals surface area contributed by atoms with E-state index in [4.69, 9.17) is 0 Å². The number of rotatable bonds is 26. The largest absolute Gasteiger partial charge is 0.507 e. The van der Waals surface area contributed by atoms with Crippen molar-refractivity contribution in [2.75, 3.05) is 0 Å². The molecule has 0 bridgehead atoms. The van der Waals surface area contributed by atoms with Gasteiger partial charge in [0.25, 0.3) is 0 Å². The topological polar surface area (TPSA) is 40.5 Å². The number of hydrogen-bond acceptors (Lipinski definition) is 2. The molecule has 0 fully saturated rings. The standard InChI is InChI=1S/C56H82O2/c1-42(2)22-14-23-43(3)24-15-25-44(4)26-16-27-45(5)28-17-29-46(6)30-18-31-47(7)32-19-33-48(8)34-20-35-49(9)36-21-37-50(10)40-41-52-51(11)55(57)53-38-12-13-39-54(53)56(52)58/h12-13,22,24,26,28,30,32,34,36,38-40,57-58H,14-21,23,25,27,29,31,33,35,37,41H2,1-11H3/b43-24+,44-26+,45-28-,46-30+,47-32-,48-34-,49-36+,50-40+. The molecule has 58 heavy (non-hydrogen) atoms. The molecule has 2 aromatic carbocycles. The average molecular weight is 787 g/mol. The molecular formula is C56H82O2. The predicted octanol–water partition coefficient (Wildman–Crippen LogP) is 17.9. The van der Waals surface area contributed by atoms with Gasteiger partial charge in [0.2, 0.25) is 0 Å². The fourth-order valence-corrected chi connectivity index (χ4v) is 7.34. The van der Waals surface area contributed by atoms with Gasteiger partial charge in [-0.1, -0.05) is 129 Å². The summed E-state index contributed by atoms with van der Waals surface area (Å²) in [4.78, 5) is 0. The van der Waals surface area contributed by atoms with E-state index in [-0.39, 0.29) is 11.5 Å². The van der Waals surface area contributed by atoms with E-state index in [1.54, 1.807) is 0 Å². The van der Waals surface area contributed by atoms with Gasteiger partial charge in [-0.05, 0) is 191 Å². The summed E-state index contributed by atoms with van der Waals surface area (Å²) in [7, 11) is 0. The summed E-state index contributed by atoms with van der Waals surface area (Å²) in [5.74, 6) is 0.548. The van der Waals surface area contributed by atoms with Crippen molar-refractivity contribution in [2.45, 2.75) is 185 Å². The second-order valence-corrected chi connectivity index (χ2v) is 17.5. The Labute approximate surface area is 356 Å². The van der Waals surface area contributed by atoms with Crippen LogP contribution in [0.15, 0.2) is 129 Å². The van der Waals surface area contributed by atoms with E-state index in [0.717, 1.165) is 94.6 Å². The maximum absolute atomic E-state index is 10.9.